The highest BCUT2D eigenvalue weighted by atomic mass is 35.5. The van der Waals surface area contributed by atoms with Crippen molar-refractivity contribution in [3.8, 4) is 5.88 Å². The van der Waals surface area contributed by atoms with Gasteiger partial charge in [0.25, 0.3) is 5.95 Å². The van der Waals surface area contributed by atoms with Gasteiger partial charge in [-0.15, -0.1) is 12.4 Å². The average molecular weight is 268 g/mol. The molecule has 0 bridgehead atoms. The predicted octanol–water partition coefficient (Wildman–Crippen LogP) is 1.27. The van der Waals surface area contributed by atoms with E-state index in [0.717, 1.165) is 16.5 Å². The molecule has 0 aliphatic rings. The highest BCUT2D eigenvalue weighted by molar-refractivity contribution is 5.86. The summed E-state index contributed by atoms with van der Waals surface area (Å²) >= 11 is 0. The van der Waals surface area contributed by atoms with E-state index in [1.807, 2.05) is 25.1 Å². The number of nitrogens with zero attached hydrogens (tertiary/aromatic N) is 3. The number of ether oxygens (including phenoxy) is 1. The fraction of sp³-hybridized carbons (Fsp3) is 0.182. The summed E-state index contributed by atoms with van der Waals surface area (Å²) in [6.45, 7) is 1.99. The van der Waals surface area contributed by atoms with Crippen LogP contribution in [0, 0.1) is 6.92 Å². The Kier molecular flexibility index (Phi) is 4.28. The first-order valence-corrected chi connectivity index (χ1v) is 5.02. The van der Waals surface area contributed by atoms with Gasteiger partial charge in [0, 0.05) is 0 Å². The highest BCUT2D eigenvalue weighted by Gasteiger charge is 2.07. The number of aromatic nitrogens is 2. The van der Waals surface area contributed by atoms with E-state index in [2.05, 4.69) is 15.0 Å². The smallest absolute Gasteiger partial charge is 0.256 e. The van der Waals surface area contributed by atoms with E-state index in [0.29, 0.717) is 5.88 Å². The molecule has 7 heteroatoms. The fourth-order valence-electron chi connectivity index (χ4n) is 1.52. The van der Waals surface area contributed by atoms with Gasteiger partial charge >= 0.3 is 0 Å². The number of aliphatic imine (C=N–C) groups is 1. The van der Waals surface area contributed by atoms with Crippen LogP contribution in [0.15, 0.2) is 23.2 Å². The molecule has 0 atom stereocenters. The molecule has 0 saturated heterocycles. The summed E-state index contributed by atoms with van der Waals surface area (Å²) in [7, 11) is 1.55. The monoisotopic (exact) mass is 267 g/mol. The van der Waals surface area contributed by atoms with Crippen molar-refractivity contribution in [3.63, 3.8) is 0 Å². The van der Waals surface area contributed by atoms with Crippen LogP contribution in [0.5, 0.6) is 5.88 Å². The Hall–Kier alpha value is -2.08. The second kappa shape index (κ2) is 5.50. The molecule has 0 aliphatic heterocycles. The lowest BCUT2D eigenvalue weighted by Crippen LogP contribution is -2.22. The summed E-state index contributed by atoms with van der Waals surface area (Å²) in [6.07, 6.45) is 0. The number of benzene rings is 1. The summed E-state index contributed by atoms with van der Waals surface area (Å²) in [5.74, 6) is 0.565. The van der Waals surface area contributed by atoms with Gasteiger partial charge in [0.05, 0.1) is 18.0 Å². The van der Waals surface area contributed by atoms with Gasteiger partial charge in [0.1, 0.15) is 0 Å². The Bertz CT molecular complexity index is 595. The Morgan fingerprint density at radius 3 is 2.61 bits per heavy atom. The molecule has 0 spiro atoms. The number of hydrogen-bond acceptors (Lipinski definition) is 4. The van der Waals surface area contributed by atoms with E-state index in [4.69, 9.17) is 16.2 Å². The molecule has 1 aromatic heterocycles. The van der Waals surface area contributed by atoms with Crippen LogP contribution >= 0.6 is 12.4 Å². The summed E-state index contributed by atoms with van der Waals surface area (Å²) in [5, 5.41) is 0.835. The number of guanidine groups is 1. The van der Waals surface area contributed by atoms with Crippen LogP contribution in [-0.2, 0) is 0 Å². The molecular formula is C11H14ClN5O. The van der Waals surface area contributed by atoms with Gasteiger partial charge in [-0.2, -0.15) is 9.98 Å². The van der Waals surface area contributed by atoms with Crippen LogP contribution in [0.3, 0.4) is 0 Å². The van der Waals surface area contributed by atoms with Crippen molar-refractivity contribution >= 4 is 35.2 Å². The molecule has 0 amide bonds. The quantitative estimate of drug-likeness (QED) is 0.631. The van der Waals surface area contributed by atoms with Crippen LogP contribution in [0.2, 0.25) is 0 Å². The third kappa shape index (κ3) is 2.78. The summed E-state index contributed by atoms with van der Waals surface area (Å²) in [5.41, 5.74) is 12.4. The summed E-state index contributed by atoms with van der Waals surface area (Å²) < 4.78 is 5.20. The molecule has 2 aromatic rings. The maximum absolute atomic E-state index is 5.29. The van der Waals surface area contributed by atoms with Gasteiger partial charge in [-0.3, -0.25) is 0 Å². The standard InChI is InChI=1S/C11H13N5O.ClH/c1-6-3-4-8-7(5-6)9(17-2)15-11(14-8)16-10(12)13;/h3-5H,1-2H3,(H4,12,13,14,15,16);1H. The Morgan fingerprint density at radius 2 is 2.00 bits per heavy atom. The topological polar surface area (TPSA) is 99.4 Å². The van der Waals surface area contributed by atoms with E-state index >= 15 is 0 Å². The van der Waals surface area contributed by atoms with Crippen LogP contribution in [-0.4, -0.2) is 23.0 Å². The molecular weight excluding hydrogens is 254 g/mol. The van der Waals surface area contributed by atoms with Crippen molar-refractivity contribution in [2.75, 3.05) is 7.11 Å². The van der Waals surface area contributed by atoms with E-state index in [1.54, 1.807) is 7.11 Å². The molecule has 0 aliphatic carbocycles. The second-order valence-electron chi connectivity index (χ2n) is 3.59. The molecule has 2 rings (SSSR count). The Labute approximate surface area is 110 Å². The maximum Gasteiger partial charge on any atom is 0.256 e. The van der Waals surface area contributed by atoms with Crippen LogP contribution in [0.4, 0.5) is 5.95 Å². The molecule has 6 nitrogen and oxygen atoms in total. The molecule has 0 saturated carbocycles. The number of hydrogen-bond donors (Lipinski definition) is 2. The van der Waals surface area contributed by atoms with Gasteiger partial charge in [0.2, 0.25) is 5.88 Å². The number of rotatable bonds is 2. The lowest BCUT2D eigenvalue weighted by molar-refractivity contribution is 0.403. The van der Waals surface area contributed by atoms with Gasteiger partial charge in [-0.25, -0.2) is 4.98 Å². The SMILES string of the molecule is COc1nc(N=C(N)N)nc2ccc(C)cc12.Cl. The zero-order valence-corrected chi connectivity index (χ0v) is 10.9. The number of nitrogens with two attached hydrogens (primary N) is 2. The lowest BCUT2D eigenvalue weighted by Gasteiger charge is -2.05. The zero-order valence-electron chi connectivity index (χ0n) is 10.0. The minimum absolute atomic E-state index is 0. The van der Waals surface area contributed by atoms with Crippen molar-refractivity contribution in [3.05, 3.63) is 23.8 Å². The number of fused-ring (bicyclic) bond motifs is 1. The number of halogens is 1. The number of methoxy groups -OCH3 is 1. The maximum atomic E-state index is 5.29. The largest absolute Gasteiger partial charge is 0.480 e. The zero-order chi connectivity index (χ0) is 12.4. The van der Waals surface area contributed by atoms with Crippen molar-refractivity contribution in [1.29, 1.82) is 0 Å². The van der Waals surface area contributed by atoms with Crippen molar-refractivity contribution in [2.24, 2.45) is 16.5 Å². The van der Waals surface area contributed by atoms with Crippen LogP contribution in [0.25, 0.3) is 10.9 Å². The van der Waals surface area contributed by atoms with Crippen molar-refractivity contribution in [2.45, 2.75) is 6.92 Å². The molecule has 96 valence electrons. The lowest BCUT2D eigenvalue weighted by atomic mass is 10.2. The average Bonchev–Trinajstić information content (AvgIpc) is 2.27. The van der Waals surface area contributed by atoms with E-state index in [1.165, 1.54) is 0 Å². The van der Waals surface area contributed by atoms with E-state index < -0.39 is 0 Å². The van der Waals surface area contributed by atoms with Crippen molar-refractivity contribution in [1.82, 2.24) is 9.97 Å². The minimum atomic E-state index is -0.0847. The summed E-state index contributed by atoms with van der Waals surface area (Å²) in [6, 6.07) is 5.78. The Morgan fingerprint density at radius 1 is 1.28 bits per heavy atom. The Balaban J connectivity index is 0.00000162. The highest BCUT2D eigenvalue weighted by Crippen LogP contribution is 2.25. The van der Waals surface area contributed by atoms with Gasteiger partial charge in [-0.1, -0.05) is 11.6 Å². The van der Waals surface area contributed by atoms with Gasteiger partial charge < -0.3 is 16.2 Å². The first kappa shape index (κ1) is 14.0. The normalized spacial score (nSPS) is 9.67. The molecule has 18 heavy (non-hydrogen) atoms. The minimum Gasteiger partial charge on any atom is -0.480 e. The molecule has 0 fully saturated rings. The third-order valence-electron chi connectivity index (χ3n) is 2.23. The third-order valence-corrected chi connectivity index (χ3v) is 2.23. The second-order valence-corrected chi connectivity index (χ2v) is 3.59. The molecule has 0 radical (unpaired) electrons. The van der Waals surface area contributed by atoms with E-state index in [9.17, 15) is 0 Å². The van der Waals surface area contributed by atoms with Crippen molar-refractivity contribution < 1.29 is 4.74 Å². The first-order chi connectivity index (χ1) is 8.10. The molecule has 1 aromatic carbocycles. The number of aryl methyl sites for hydroxylation is 1. The van der Waals surface area contributed by atoms with Crippen LogP contribution in [0.1, 0.15) is 5.56 Å². The molecule has 1 heterocycles. The first-order valence-electron chi connectivity index (χ1n) is 5.02. The van der Waals surface area contributed by atoms with E-state index in [-0.39, 0.29) is 24.3 Å². The van der Waals surface area contributed by atoms with Gasteiger partial charge in [-0.05, 0) is 19.1 Å². The predicted molar refractivity (Wildman–Crippen MR) is 73.5 cm³/mol. The fourth-order valence-corrected chi connectivity index (χ4v) is 1.52. The van der Waals surface area contributed by atoms with Gasteiger partial charge in [0.15, 0.2) is 5.96 Å². The molecule has 4 N–H and O–H groups in total. The van der Waals surface area contributed by atoms with Crippen LogP contribution < -0.4 is 16.2 Å². The molecule has 0 unspecified atom stereocenters. The summed E-state index contributed by atoms with van der Waals surface area (Å²) in [4.78, 5) is 12.2.